The summed E-state index contributed by atoms with van der Waals surface area (Å²) in [7, 11) is 3.19. The molecule has 0 amide bonds. The first-order chi connectivity index (χ1) is 9.81. The molecule has 1 aromatic heterocycles. The van der Waals surface area contributed by atoms with Gasteiger partial charge in [0.15, 0.2) is 11.5 Å². The Morgan fingerprint density at radius 2 is 2.05 bits per heavy atom. The Balaban J connectivity index is 1.88. The summed E-state index contributed by atoms with van der Waals surface area (Å²) in [6.45, 7) is 0.749. The van der Waals surface area contributed by atoms with Gasteiger partial charge in [-0.25, -0.2) is 0 Å². The summed E-state index contributed by atoms with van der Waals surface area (Å²) < 4.78 is 21.3. The lowest BCUT2D eigenvalue weighted by Crippen LogP contribution is -1.95. The molecule has 1 saturated heterocycles. The van der Waals surface area contributed by atoms with E-state index in [1.54, 1.807) is 14.2 Å². The number of rotatable bonds is 4. The average molecular weight is 276 g/mol. The number of ether oxygens (including phenoxy) is 3. The quantitative estimate of drug-likeness (QED) is 0.855. The topological polar surface area (TPSA) is 66.6 Å². The van der Waals surface area contributed by atoms with E-state index < -0.39 is 0 Å². The number of nitrogens with zero attached hydrogens (tertiary/aromatic N) is 2. The van der Waals surface area contributed by atoms with E-state index in [2.05, 4.69) is 10.1 Å². The third kappa shape index (κ3) is 2.34. The maximum absolute atomic E-state index is 5.53. The van der Waals surface area contributed by atoms with Gasteiger partial charge in [-0.05, 0) is 31.0 Å². The van der Waals surface area contributed by atoms with Crippen LogP contribution in [0.15, 0.2) is 22.7 Å². The summed E-state index contributed by atoms with van der Waals surface area (Å²) in [5.41, 5.74) is 0.815. The SMILES string of the molecule is COc1ccc(-c2noc([C@@H]3CCCO3)n2)cc1OC. The Kier molecular flexibility index (Phi) is 3.56. The summed E-state index contributed by atoms with van der Waals surface area (Å²) in [5.74, 6) is 2.36. The zero-order chi connectivity index (χ0) is 13.9. The molecule has 0 bridgehead atoms. The van der Waals surface area contributed by atoms with E-state index >= 15 is 0 Å². The monoisotopic (exact) mass is 276 g/mol. The summed E-state index contributed by atoms with van der Waals surface area (Å²) in [6, 6.07) is 5.50. The summed E-state index contributed by atoms with van der Waals surface area (Å²) in [4.78, 5) is 4.39. The molecule has 1 atom stereocenters. The molecule has 2 heterocycles. The second kappa shape index (κ2) is 5.50. The second-order valence-corrected chi connectivity index (χ2v) is 4.53. The van der Waals surface area contributed by atoms with E-state index in [1.807, 2.05) is 18.2 Å². The summed E-state index contributed by atoms with van der Waals surface area (Å²) in [5, 5.41) is 4.00. The third-order valence-electron chi connectivity index (χ3n) is 3.29. The molecule has 6 nitrogen and oxygen atoms in total. The van der Waals surface area contributed by atoms with Gasteiger partial charge < -0.3 is 18.7 Å². The molecular formula is C14H16N2O4. The lowest BCUT2D eigenvalue weighted by atomic mass is 10.2. The molecule has 106 valence electrons. The standard InChI is InChI=1S/C14H16N2O4/c1-17-10-6-5-9(8-12(10)18-2)13-15-14(20-16-13)11-4-3-7-19-11/h5-6,8,11H,3-4,7H2,1-2H3/t11-/m0/s1. The number of hydrogen-bond donors (Lipinski definition) is 0. The zero-order valence-corrected chi connectivity index (χ0v) is 11.5. The first-order valence-electron chi connectivity index (χ1n) is 6.49. The van der Waals surface area contributed by atoms with Crippen LogP contribution in [-0.2, 0) is 4.74 Å². The van der Waals surface area contributed by atoms with Crippen LogP contribution in [-0.4, -0.2) is 31.0 Å². The van der Waals surface area contributed by atoms with Crippen molar-refractivity contribution in [2.45, 2.75) is 18.9 Å². The number of methoxy groups -OCH3 is 2. The van der Waals surface area contributed by atoms with Crippen LogP contribution in [0, 0.1) is 0 Å². The van der Waals surface area contributed by atoms with Gasteiger partial charge in [0.2, 0.25) is 5.82 Å². The number of aromatic nitrogens is 2. The summed E-state index contributed by atoms with van der Waals surface area (Å²) >= 11 is 0. The van der Waals surface area contributed by atoms with Crippen LogP contribution >= 0.6 is 0 Å². The fraction of sp³-hybridized carbons (Fsp3) is 0.429. The van der Waals surface area contributed by atoms with Gasteiger partial charge in [-0.1, -0.05) is 5.16 Å². The molecule has 3 rings (SSSR count). The van der Waals surface area contributed by atoms with Crippen molar-refractivity contribution in [2.75, 3.05) is 20.8 Å². The molecule has 0 spiro atoms. The molecule has 1 aromatic carbocycles. The number of hydrogen-bond acceptors (Lipinski definition) is 6. The van der Waals surface area contributed by atoms with Crippen LogP contribution in [0.4, 0.5) is 0 Å². The van der Waals surface area contributed by atoms with Gasteiger partial charge in [0.1, 0.15) is 6.10 Å². The van der Waals surface area contributed by atoms with Crippen LogP contribution in [0.5, 0.6) is 11.5 Å². The van der Waals surface area contributed by atoms with Crippen LogP contribution in [0.1, 0.15) is 24.8 Å². The minimum absolute atomic E-state index is 0.0728. The smallest absolute Gasteiger partial charge is 0.256 e. The maximum atomic E-state index is 5.53. The van der Waals surface area contributed by atoms with E-state index in [0.717, 1.165) is 25.0 Å². The second-order valence-electron chi connectivity index (χ2n) is 4.53. The Morgan fingerprint density at radius 1 is 1.20 bits per heavy atom. The van der Waals surface area contributed by atoms with E-state index in [1.165, 1.54) is 0 Å². The van der Waals surface area contributed by atoms with Gasteiger partial charge in [0.25, 0.3) is 5.89 Å². The Hall–Kier alpha value is -2.08. The minimum Gasteiger partial charge on any atom is -0.493 e. The number of benzene rings is 1. The first-order valence-corrected chi connectivity index (χ1v) is 6.49. The first kappa shape index (κ1) is 12.9. The predicted molar refractivity (Wildman–Crippen MR) is 70.8 cm³/mol. The highest BCUT2D eigenvalue weighted by Crippen LogP contribution is 2.33. The lowest BCUT2D eigenvalue weighted by Gasteiger charge is -2.07. The lowest BCUT2D eigenvalue weighted by molar-refractivity contribution is 0.0835. The fourth-order valence-corrected chi connectivity index (χ4v) is 2.23. The Labute approximate surface area is 116 Å². The molecule has 0 N–H and O–H groups in total. The normalized spacial score (nSPS) is 18.2. The molecule has 0 saturated carbocycles. The third-order valence-corrected chi connectivity index (χ3v) is 3.29. The van der Waals surface area contributed by atoms with Crippen molar-refractivity contribution in [3.8, 4) is 22.9 Å². The van der Waals surface area contributed by atoms with Gasteiger partial charge in [-0.2, -0.15) is 4.98 Å². The zero-order valence-electron chi connectivity index (χ0n) is 11.5. The van der Waals surface area contributed by atoms with Crippen molar-refractivity contribution >= 4 is 0 Å². The molecular weight excluding hydrogens is 260 g/mol. The Bertz CT molecular complexity index is 591. The van der Waals surface area contributed by atoms with Crippen LogP contribution in [0.3, 0.4) is 0 Å². The van der Waals surface area contributed by atoms with E-state index in [9.17, 15) is 0 Å². The van der Waals surface area contributed by atoms with Crippen molar-refractivity contribution in [2.24, 2.45) is 0 Å². The highest BCUT2D eigenvalue weighted by atomic mass is 16.5. The average Bonchev–Trinajstić information content (AvgIpc) is 3.16. The predicted octanol–water partition coefficient (Wildman–Crippen LogP) is 2.61. The van der Waals surface area contributed by atoms with E-state index in [-0.39, 0.29) is 6.10 Å². The highest BCUT2D eigenvalue weighted by Gasteiger charge is 2.24. The fourth-order valence-electron chi connectivity index (χ4n) is 2.23. The van der Waals surface area contributed by atoms with Gasteiger partial charge >= 0.3 is 0 Å². The minimum atomic E-state index is -0.0728. The highest BCUT2D eigenvalue weighted by molar-refractivity contribution is 5.60. The van der Waals surface area contributed by atoms with Crippen LogP contribution in [0.25, 0.3) is 11.4 Å². The van der Waals surface area contributed by atoms with E-state index in [4.69, 9.17) is 18.7 Å². The van der Waals surface area contributed by atoms with Gasteiger partial charge in [-0.3, -0.25) is 0 Å². The van der Waals surface area contributed by atoms with E-state index in [0.29, 0.717) is 23.2 Å². The maximum Gasteiger partial charge on any atom is 0.256 e. The van der Waals surface area contributed by atoms with Crippen molar-refractivity contribution in [1.29, 1.82) is 0 Å². The summed E-state index contributed by atoms with van der Waals surface area (Å²) in [6.07, 6.45) is 1.88. The Morgan fingerprint density at radius 3 is 2.75 bits per heavy atom. The van der Waals surface area contributed by atoms with Crippen molar-refractivity contribution in [1.82, 2.24) is 10.1 Å². The van der Waals surface area contributed by atoms with Gasteiger partial charge in [-0.15, -0.1) is 0 Å². The molecule has 6 heteroatoms. The molecule has 0 radical (unpaired) electrons. The van der Waals surface area contributed by atoms with Crippen LogP contribution < -0.4 is 9.47 Å². The van der Waals surface area contributed by atoms with Crippen molar-refractivity contribution in [3.05, 3.63) is 24.1 Å². The molecule has 1 fully saturated rings. The molecule has 2 aromatic rings. The van der Waals surface area contributed by atoms with Gasteiger partial charge in [0.05, 0.1) is 14.2 Å². The van der Waals surface area contributed by atoms with Gasteiger partial charge in [0, 0.05) is 12.2 Å². The van der Waals surface area contributed by atoms with Crippen molar-refractivity contribution < 1.29 is 18.7 Å². The largest absolute Gasteiger partial charge is 0.493 e. The van der Waals surface area contributed by atoms with Crippen LogP contribution in [0.2, 0.25) is 0 Å². The van der Waals surface area contributed by atoms with Crippen molar-refractivity contribution in [3.63, 3.8) is 0 Å². The molecule has 20 heavy (non-hydrogen) atoms. The molecule has 0 aliphatic carbocycles. The molecule has 1 aliphatic heterocycles. The molecule has 0 unspecified atom stereocenters. The molecule has 1 aliphatic rings.